The molecule has 1 saturated carbocycles. The minimum absolute atomic E-state index is 0.216. The van der Waals surface area contributed by atoms with Gasteiger partial charge in [0.05, 0.1) is 4.92 Å². The van der Waals surface area contributed by atoms with Gasteiger partial charge in [-0.25, -0.2) is 0 Å². The fourth-order valence-electron chi connectivity index (χ4n) is 2.54. The van der Waals surface area contributed by atoms with E-state index in [-0.39, 0.29) is 10.6 Å². The van der Waals surface area contributed by atoms with Crippen LogP contribution in [0.5, 0.6) is 0 Å². The summed E-state index contributed by atoms with van der Waals surface area (Å²) in [5, 5.41) is 14.4. The van der Waals surface area contributed by atoms with Crippen LogP contribution in [-0.4, -0.2) is 17.5 Å². The molecule has 0 saturated heterocycles. The van der Waals surface area contributed by atoms with Gasteiger partial charge < -0.3 is 5.32 Å². The lowest BCUT2D eigenvalue weighted by atomic mass is 10.00. The number of benzene rings is 1. The smallest absolute Gasteiger partial charge is 0.272 e. The molecular formula is C15H22N2O2. The predicted octanol–water partition coefficient (Wildman–Crippen LogP) is 3.22. The van der Waals surface area contributed by atoms with Crippen molar-refractivity contribution in [3.05, 3.63) is 39.4 Å². The maximum Gasteiger partial charge on any atom is 0.272 e. The van der Waals surface area contributed by atoms with Gasteiger partial charge >= 0.3 is 0 Å². The topological polar surface area (TPSA) is 55.2 Å². The molecule has 0 radical (unpaired) electrons. The molecule has 1 unspecified atom stereocenters. The van der Waals surface area contributed by atoms with Gasteiger partial charge in [0, 0.05) is 17.7 Å². The number of nitro groups is 1. The fraction of sp³-hybridized carbons (Fsp3) is 0.600. The van der Waals surface area contributed by atoms with Crippen molar-refractivity contribution < 1.29 is 4.92 Å². The molecule has 0 aromatic heterocycles. The van der Waals surface area contributed by atoms with E-state index in [1.807, 2.05) is 19.1 Å². The third-order valence-electron chi connectivity index (χ3n) is 3.76. The molecule has 2 rings (SSSR count). The zero-order valence-electron chi connectivity index (χ0n) is 11.7. The molecule has 1 aliphatic rings. The van der Waals surface area contributed by atoms with Crippen LogP contribution in [-0.2, 0) is 6.42 Å². The molecular weight excluding hydrogens is 240 g/mol. The Kier molecular flexibility index (Phi) is 4.53. The van der Waals surface area contributed by atoms with E-state index in [9.17, 15) is 10.1 Å². The fourth-order valence-corrected chi connectivity index (χ4v) is 2.54. The molecule has 1 fully saturated rings. The van der Waals surface area contributed by atoms with Crippen molar-refractivity contribution in [1.29, 1.82) is 0 Å². The van der Waals surface area contributed by atoms with Crippen molar-refractivity contribution >= 4 is 5.69 Å². The Labute approximate surface area is 114 Å². The molecule has 4 nitrogen and oxygen atoms in total. The van der Waals surface area contributed by atoms with Crippen molar-refractivity contribution in [2.45, 2.75) is 45.6 Å². The van der Waals surface area contributed by atoms with Crippen molar-refractivity contribution in [3.63, 3.8) is 0 Å². The van der Waals surface area contributed by atoms with Gasteiger partial charge in [0.2, 0.25) is 0 Å². The summed E-state index contributed by atoms with van der Waals surface area (Å²) in [7, 11) is 0. The molecule has 1 N–H and O–H groups in total. The molecule has 1 aromatic carbocycles. The van der Waals surface area contributed by atoms with E-state index in [2.05, 4.69) is 12.2 Å². The highest BCUT2D eigenvalue weighted by Gasteiger charge is 2.30. The number of aryl methyl sites for hydroxylation is 1. The van der Waals surface area contributed by atoms with E-state index in [4.69, 9.17) is 0 Å². The summed E-state index contributed by atoms with van der Waals surface area (Å²) < 4.78 is 0. The summed E-state index contributed by atoms with van der Waals surface area (Å²) >= 11 is 0. The van der Waals surface area contributed by atoms with Crippen LogP contribution in [0.1, 0.15) is 37.3 Å². The summed E-state index contributed by atoms with van der Waals surface area (Å²) in [6.45, 7) is 5.04. The molecule has 0 spiro atoms. The lowest BCUT2D eigenvalue weighted by Gasteiger charge is -2.18. The average molecular weight is 262 g/mol. The summed E-state index contributed by atoms with van der Waals surface area (Å²) in [4.78, 5) is 10.5. The largest absolute Gasteiger partial charge is 0.313 e. The molecule has 0 heterocycles. The highest BCUT2D eigenvalue weighted by Crippen LogP contribution is 2.34. The van der Waals surface area contributed by atoms with Crippen molar-refractivity contribution in [2.75, 3.05) is 6.54 Å². The van der Waals surface area contributed by atoms with Crippen LogP contribution in [0.15, 0.2) is 18.2 Å². The van der Waals surface area contributed by atoms with Crippen LogP contribution in [0.4, 0.5) is 5.69 Å². The van der Waals surface area contributed by atoms with Crippen LogP contribution in [0, 0.1) is 23.0 Å². The number of nitro benzene ring substituents is 1. The first-order chi connectivity index (χ1) is 9.11. The maximum absolute atomic E-state index is 10.8. The van der Waals surface area contributed by atoms with E-state index in [0.29, 0.717) is 6.04 Å². The normalized spacial score (nSPS) is 16.3. The van der Waals surface area contributed by atoms with Gasteiger partial charge in [0.1, 0.15) is 0 Å². The van der Waals surface area contributed by atoms with Crippen molar-refractivity contribution in [3.8, 4) is 0 Å². The van der Waals surface area contributed by atoms with Gasteiger partial charge in [-0.15, -0.1) is 0 Å². The van der Waals surface area contributed by atoms with E-state index in [1.54, 1.807) is 6.07 Å². The lowest BCUT2D eigenvalue weighted by Crippen LogP contribution is -2.33. The van der Waals surface area contributed by atoms with E-state index < -0.39 is 0 Å². The van der Waals surface area contributed by atoms with Gasteiger partial charge in [0.25, 0.3) is 5.69 Å². The molecule has 4 heteroatoms. The Balaban J connectivity index is 2.04. The van der Waals surface area contributed by atoms with E-state index in [1.165, 1.54) is 18.4 Å². The predicted molar refractivity (Wildman–Crippen MR) is 76.3 cm³/mol. The Morgan fingerprint density at radius 1 is 1.47 bits per heavy atom. The Bertz CT molecular complexity index is 455. The molecule has 104 valence electrons. The first kappa shape index (κ1) is 14.0. The van der Waals surface area contributed by atoms with Crippen LogP contribution in [0.3, 0.4) is 0 Å². The zero-order chi connectivity index (χ0) is 13.8. The maximum atomic E-state index is 10.8. The second-order valence-electron chi connectivity index (χ2n) is 5.48. The van der Waals surface area contributed by atoms with E-state index >= 15 is 0 Å². The van der Waals surface area contributed by atoms with E-state index in [0.717, 1.165) is 30.9 Å². The van der Waals surface area contributed by atoms with Crippen molar-refractivity contribution in [1.82, 2.24) is 5.32 Å². The van der Waals surface area contributed by atoms with Crippen LogP contribution >= 0.6 is 0 Å². The monoisotopic (exact) mass is 262 g/mol. The quantitative estimate of drug-likeness (QED) is 0.606. The molecule has 19 heavy (non-hydrogen) atoms. The minimum Gasteiger partial charge on any atom is -0.313 e. The van der Waals surface area contributed by atoms with Gasteiger partial charge in [-0.05, 0) is 56.7 Å². The zero-order valence-corrected chi connectivity index (χ0v) is 11.7. The van der Waals surface area contributed by atoms with Gasteiger partial charge in [-0.1, -0.05) is 13.0 Å². The van der Waals surface area contributed by atoms with Crippen LogP contribution < -0.4 is 5.32 Å². The van der Waals surface area contributed by atoms with Crippen molar-refractivity contribution in [2.24, 2.45) is 5.92 Å². The standard InChI is InChI=1S/C15H22N2O2/c1-3-8-16-14(13-5-6-13)10-12-4-7-15(17(18)19)11(2)9-12/h4,7,9,13-14,16H,3,5-6,8,10H2,1-2H3. The number of nitrogens with zero attached hydrogens (tertiary/aromatic N) is 1. The highest BCUT2D eigenvalue weighted by atomic mass is 16.6. The first-order valence-electron chi connectivity index (χ1n) is 7.09. The Morgan fingerprint density at radius 2 is 2.21 bits per heavy atom. The van der Waals surface area contributed by atoms with Crippen LogP contribution in [0.2, 0.25) is 0 Å². The van der Waals surface area contributed by atoms with Gasteiger partial charge in [0.15, 0.2) is 0 Å². The molecule has 0 bridgehead atoms. The molecule has 0 amide bonds. The molecule has 1 aliphatic carbocycles. The number of rotatable bonds is 7. The first-order valence-corrected chi connectivity index (χ1v) is 7.09. The third kappa shape index (κ3) is 3.77. The average Bonchev–Trinajstić information content (AvgIpc) is 3.18. The second kappa shape index (κ2) is 6.15. The summed E-state index contributed by atoms with van der Waals surface area (Å²) in [6.07, 6.45) is 4.74. The number of hydrogen-bond acceptors (Lipinski definition) is 3. The number of nitrogens with one attached hydrogen (secondary N) is 1. The SMILES string of the molecule is CCCNC(Cc1ccc([N+](=O)[O-])c(C)c1)C1CC1. The lowest BCUT2D eigenvalue weighted by molar-refractivity contribution is -0.385. The second-order valence-corrected chi connectivity index (χ2v) is 5.48. The summed E-state index contributed by atoms with van der Waals surface area (Å²) in [5.41, 5.74) is 2.17. The highest BCUT2D eigenvalue weighted by molar-refractivity contribution is 5.42. The summed E-state index contributed by atoms with van der Waals surface area (Å²) in [6, 6.07) is 6.02. The molecule has 1 atom stereocenters. The Hall–Kier alpha value is -1.42. The number of hydrogen-bond donors (Lipinski definition) is 1. The summed E-state index contributed by atoms with van der Waals surface area (Å²) in [5.74, 6) is 0.794. The third-order valence-corrected chi connectivity index (χ3v) is 3.76. The molecule has 0 aliphatic heterocycles. The minimum atomic E-state index is -0.313. The van der Waals surface area contributed by atoms with Gasteiger partial charge in [-0.3, -0.25) is 10.1 Å². The van der Waals surface area contributed by atoms with Gasteiger partial charge in [-0.2, -0.15) is 0 Å². The van der Waals surface area contributed by atoms with Crippen LogP contribution in [0.25, 0.3) is 0 Å². The molecule has 1 aromatic rings. The Morgan fingerprint density at radius 3 is 2.74 bits per heavy atom.